The topological polar surface area (TPSA) is 60.3 Å². The van der Waals surface area contributed by atoms with E-state index in [1.54, 1.807) is 7.11 Å². The van der Waals surface area contributed by atoms with E-state index < -0.39 is 0 Å². The van der Waals surface area contributed by atoms with Gasteiger partial charge in [-0.3, -0.25) is 4.79 Å². The van der Waals surface area contributed by atoms with Crippen molar-refractivity contribution in [3.05, 3.63) is 24.3 Å². The highest BCUT2D eigenvalue weighted by molar-refractivity contribution is 8.00. The zero-order chi connectivity index (χ0) is 18.5. The quantitative estimate of drug-likeness (QED) is 0.751. The minimum Gasteiger partial charge on any atom is -0.497 e. The second-order valence-corrected chi connectivity index (χ2v) is 7.90. The van der Waals surface area contributed by atoms with E-state index >= 15 is 0 Å². The van der Waals surface area contributed by atoms with E-state index in [1.807, 2.05) is 47.7 Å². The maximum absolute atomic E-state index is 12.7. The third kappa shape index (κ3) is 4.20. The van der Waals surface area contributed by atoms with Gasteiger partial charge in [0.2, 0.25) is 5.91 Å². The van der Waals surface area contributed by atoms with Crippen molar-refractivity contribution in [3.8, 4) is 17.1 Å². The highest BCUT2D eigenvalue weighted by Crippen LogP contribution is 2.28. The number of aromatic nitrogens is 3. The van der Waals surface area contributed by atoms with Crippen LogP contribution in [0.4, 0.5) is 0 Å². The molecule has 1 atom stereocenters. The summed E-state index contributed by atoms with van der Waals surface area (Å²) < 4.78 is 7.14. The molecule has 0 bridgehead atoms. The molecule has 1 aromatic carbocycles. The van der Waals surface area contributed by atoms with Crippen molar-refractivity contribution in [2.75, 3.05) is 20.2 Å². The second-order valence-electron chi connectivity index (χ2n) is 6.59. The van der Waals surface area contributed by atoms with Gasteiger partial charge in [-0.25, -0.2) is 0 Å². The molecular formula is C19H26N4O2S. The van der Waals surface area contributed by atoms with Crippen LogP contribution in [0.5, 0.6) is 5.75 Å². The average Bonchev–Trinajstić information content (AvgIpc) is 2.87. The minimum absolute atomic E-state index is 0.167. The van der Waals surface area contributed by atoms with Crippen molar-refractivity contribution < 1.29 is 9.53 Å². The Hall–Kier alpha value is -2.02. The van der Waals surface area contributed by atoms with E-state index in [0.29, 0.717) is 0 Å². The molecule has 2 aromatic rings. The summed E-state index contributed by atoms with van der Waals surface area (Å²) in [5, 5.41) is 9.19. The molecule has 26 heavy (non-hydrogen) atoms. The van der Waals surface area contributed by atoms with Crippen molar-refractivity contribution in [1.29, 1.82) is 0 Å². The predicted molar refractivity (Wildman–Crippen MR) is 103 cm³/mol. The monoisotopic (exact) mass is 374 g/mol. The Morgan fingerprint density at radius 2 is 1.77 bits per heavy atom. The molecule has 3 rings (SSSR count). The van der Waals surface area contributed by atoms with Gasteiger partial charge in [-0.15, -0.1) is 10.2 Å². The van der Waals surface area contributed by atoms with Crippen LogP contribution >= 0.6 is 11.8 Å². The summed E-state index contributed by atoms with van der Waals surface area (Å²) in [4.78, 5) is 14.8. The lowest BCUT2D eigenvalue weighted by molar-refractivity contribution is -0.130. The SMILES string of the molecule is COc1ccc(-c2nnc(SC(C)C(=O)N3CCCCCC3)n2C)cc1. The summed E-state index contributed by atoms with van der Waals surface area (Å²) in [5.41, 5.74) is 0.971. The molecule has 0 N–H and O–H groups in total. The number of amides is 1. The summed E-state index contributed by atoms with van der Waals surface area (Å²) in [6, 6.07) is 7.73. The van der Waals surface area contributed by atoms with Gasteiger partial charge in [-0.1, -0.05) is 24.6 Å². The molecule has 1 aliphatic heterocycles. The second kappa shape index (κ2) is 8.58. The average molecular weight is 375 g/mol. The predicted octanol–water partition coefficient (Wildman–Crippen LogP) is 3.37. The van der Waals surface area contributed by atoms with E-state index in [9.17, 15) is 4.79 Å². The van der Waals surface area contributed by atoms with Crippen LogP contribution in [0.15, 0.2) is 29.4 Å². The summed E-state index contributed by atoms with van der Waals surface area (Å²) >= 11 is 1.48. The largest absolute Gasteiger partial charge is 0.497 e. The Bertz CT molecular complexity index is 736. The first kappa shape index (κ1) is 18.8. The molecular weight excluding hydrogens is 348 g/mol. The number of carbonyl (C=O) groups is 1. The molecule has 0 spiro atoms. The molecule has 140 valence electrons. The van der Waals surface area contributed by atoms with Gasteiger partial charge in [0, 0.05) is 25.7 Å². The van der Waals surface area contributed by atoms with Gasteiger partial charge < -0.3 is 14.2 Å². The number of carbonyl (C=O) groups excluding carboxylic acids is 1. The van der Waals surface area contributed by atoms with Crippen molar-refractivity contribution in [2.24, 2.45) is 7.05 Å². The maximum atomic E-state index is 12.7. The molecule has 1 aromatic heterocycles. The molecule has 0 radical (unpaired) electrons. The Kier molecular flexibility index (Phi) is 6.19. The van der Waals surface area contributed by atoms with Gasteiger partial charge in [0.05, 0.1) is 12.4 Å². The van der Waals surface area contributed by atoms with Gasteiger partial charge in [0.1, 0.15) is 5.75 Å². The van der Waals surface area contributed by atoms with Crippen molar-refractivity contribution in [3.63, 3.8) is 0 Å². The first-order chi connectivity index (χ1) is 12.6. The number of benzene rings is 1. The van der Waals surface area contributed by atoms with Gasteiger partial charge in [-0.2, -0.15) is 0 Å². The zero-order valence-corrected chi connectivity index (χ0v) is 16.5. The highest BCUT2D eigenvalue weighted by Gasteiger charge is 2.24. The van der Waals surface area contributed by atoms with E-state index in [-0.39, 0.29) is 11.2 Å². The zero-order valence-electron chi connectivity index (χ0n) is 15.6. The molecule has 1 saturated heterocycles. The maximum Gasteiger partial charge on any atom is 0.235 e. The summed E-state index contributed by atoms with van der Waals surface area (Å²) in [5.74, 6) is 1.79. The van der Waals surface area contributed by atoms with Gasteiger partial charge in [0.15, 0.2) is 11.0 Å². The Balaban J connectivity index is 1.69. The van der Waals surface area contributed by atoms with Gasteiger partial charge in [-0.05, 0) is 44.0 Å². The van der Waals surface area contributed by atoms with Crippen LogP contribution in [0.25, 0.3) is 11.4 Å². The molecule has 1 amide bonds. The van der Waals surface area contributed by atoms with Crippen LogP contribution in [0.1, 0.15) is 32.6 Å². The standard InChI is InChI=1S/C19H26N4O2S/c1-14(18(24)23-12-6-4-5-7-13-23)26-19-21-20-17(22(19)2)15-8-10-16(25-3)11-9-15/h8-11,14H,4-7,12-13H2,1-3H3. The molecule has 1 aliphatic rings. The van der Waals surface area contributed by atoms with Crippen LogP contribution < -0.4 is 4.74 Å². The highest BCUT2D eigenvalue weighted by atomic mass is 32.2. The molecule has 6 nitrogen and oxygen atoms in total. The summed E-state index contributed by atoms with van der Waals surface area (Å²) in [6.07, 6.45) is 4.66. The van der Waals surface area contributed by atoms with Crippen LogP contribution in [-0.2, 0) is 11.8 Å². The van der Waals surface area contributed by atoms with E-state index in [4.69, 9.17) is 4.74 Å². The van der Waals surface area contributed by atoms with Gasteiger partial charge in [0.25, 0.3) is 0 Å². The number of nitrogens with zero attached hydrogens (tertiary/aromatic N) is 4. The fourth-order valence-electron chi connectivity index (χ4n) is 3.17. The lowest BCUT2D eigenvalue weighted by Crippen LogP contribution is -2.37. The number of hydrogen-bond donors (Lipinski definition) is 0. The summed E-state index contributed by atoms with van der Waals surface area (Å²) in [7, 11) is 3.58. The smallest absolute Gasteiger partial charge is 0.235 e. The first-order valence-corrected chi connectivity index (χ1v) is 9.97. The number of likely N-dealkylation sites (tertiary alicyclic amines) is 1. The molecule has 7 heteroatoms. The number of methoxy groups -OCH3 is 1. The fourth-order valence-corrected chi connectivity index (χ4v) is 4.06. The number of rotatable bonds is 5. The lowest BCUT2D eigenvalue weighted by Gasteiger charge is -2.23. The van der Waals surface area contributed by atoms with E-state index in [0.717, 1.165) is 48.2 Å². The van der Waals surface area contributed by atoms with Crippen LogP contribution in [0.3, 0.4) is 0 Å². The molecule has 0 saturated carbocycles. The van der Waals surface area contributed by atoms with E-state index in [1.165, 1.54) is 24.6 Å². The Morgan fingerprint density at radius 3 is 2.38 bits per heavy atom. The van der Waals surface area contributed by atoms with Crippen molar-refractivity contribution in [1.82, 2.24) is 19.7 Å². The Labute approximate surface area is 158 Å². The van der Waals surface area contributed by atoms with Crippen LogP contribution in [0, 0.1) is 0 Å². The Morgan fingerprint density at radius 1 is 1.12 bits per heavy atom. The number of ether oxygens (including phenoxy) is 1. The molecule has 1 fully saturated rings. The number of hydrogen-bond acceptors (Lipinski definition) is 5. The molecule has 1 unspecified atom stereocenters. The normalized spacial score (nSPS) is 16.2. The van der Waals surface area contributed by atoms with Crippen LogP contribution in [-0.4, -0.2) is 51.0 Å². The van der Waals surface area contributed by atoms with Gasteiger partial charge >= 0.3 is 0 Å². The molecule has 2 heterocycles. The number of thioether (sulfide) groups is 1. The third-order valence-corrected chi connectivity index (χ3v) is 5.85. The lowest BCUT2D eigenvalue weighted by atomic mass is 10.2. The van der Waals surface area contributed by atoms with E-state index in [2.05, 4.69) is 10.2 Å². The first-order valence-electron chi connectivity index (χ1n) is 9.09. The third-order valence-electron chi connectivity index (χ3n) is 4.73. The van der Waals surface area contributed by atoms with Crippen LogP contribution in [0.2, 0.25) is 0 Å². The fraction of sp³-hybridized carbons (Fsp3) is 0.526. The van der Waals surface area contributed by atoms with Crippen molar-refractivity contribution in [2.45, 2.75) is 43.0 Å². The van der Waals surface area contributed by atoms with Crippen molar-refractivity contribution >= 4 is 17.7 Å². The summed E-state index contributed by atoms with van der Waals surface area (Å²) in [6.45, 7) is 3.71. The molecule has 0 aliphatic carbocycles. The minimum atomic E-state index is -0.167.